The third kappa shape index (κ3) is 38.1. The van der Waals surface area contributed by atoms with Crippen LogP contribution in [0.5, 0.6) is 0 Å². The second-order valence-corrected chi connectivity index (χ2v) is 22.3. The molecule has 2 atom stereocenters. The van der Waals surface area contributed by atoms with E-state index < -0.39 is 0 Å². The Bertz CT molecular complexity index is 1220. The molecule has 1 fully saturated rings. The Hall–Kier alpha value is -2.20. The van der Waals surface area contributed by atoms with Crippen LogP contribution in [0.2, 0.25) is 0 Å². The van der Waals surface area contributed by atoms with E-state index in [1.54, 1.807) is 0 Å². The average molecular weight is 978 g/mol. The van der Waals surface area contributed by atoms with E-state index in [2.05, 4.69) is 51.3 Å². The Morgan fingerprint density at radius 2 is 0.725 bits per heavy atom. The summed E-state index contributed by atoms with van der Waals surface area (Å²) in [5.41, 5.74) is -0.156. The number of carbonyl (C=O) groups is 4. The van der Waals surface area contributed by atoms with Gasteiger partial charge in [-0.25, -0.2) is 0 Å². The van der Waals surface area contributed by atoms with Crippen LogP contribution in [0, 0.1) is 10.8 Å². The zero-order valence-corrected chi connectivity index (χ0v) is 46.6. The van der Waals surface area contributed by atoms with E-state index in [0.29, 0.717) is 46.0 Å². The van der Waals surface area contributed by atoms with Crippen molar-refractivity contribution < 1.29 is 38.1 Å². The SMILES string of the molecule is CCCCCCCCCCCCOC(=O)CCN(CCC(=O)OCCCCCCCCCCCC)CC1(C)CC(N(CCC(=O)OC)CCC(=O)OCCCCCCCCCCCC)CC(C)(C)C1. The summed E-state index contributed by atoms with van der Waals surface area (Å²) in [6, 6.07) is 0.136. The normalized spacial score (nSPS) is 16.8. The van der Waals surface area contributed by atoms with Gasteiger partial charge >= 0.3 is 23.9 Å². The summed E-state index contributed by atoms with van der Waals surface area (Å²) in [6.45, 7) is 17.9. The highest BCUT2D eigenvalue weighted by Gasteiger charge is 2.44. The minimum atomic E-state index is -0.257. The molecule has 0 aromatic heterocycles. The maximum Gasteiger partial charge on any atom is 0.307 e. The van der Waals surface area contributed by atoms with Gasteiger partial charge in [0.1, 0.15) is 0 Å². The van der Waals surface area contributed by atoms with Crippen LogP contribution in [0.15, 0.2) is 0 Å². The molecule has 10 nitrogen and oxygen atoms in total. The summed E-state index contributed by atoms with van der Waals surface area (Å²) in [4.78, 5) is 56.3. The van der Waals surface area contributed by atoms with Crippen LogP contribution in [-0.2, 0) is 38.1 Å². The fraction of sp³-hybridized carbons (Fsp3) is 0.932. The van der Waals surface area contributed by atoms with Crippen LogP contribution in [0.25, 0.3) is 0 Å². The van der Waals surface area contributed by atoms with Gasteiger partial charge in [-0.3, -0.25) is 24.1 Å². The monoisotopic (exact) mass is 977 g/mol. The summed E-state index contributed by atoms with van der Waals surface area (Å²) >= 11 is 0. The molecule has 10 heteroatoms. The predicted molar refractivity (Wildman–Crippen MR) is 286 cm³/mol. The lowest BCUT2D eigenvalue weighted by Crippen LogP contribution is -2.51. The number of ether oxygens (including phenoxy) is 4. The molecular weight excluding hydrogens is 865 g/mol. The first-order valence-electron chi connectivity index (χ1n) is 29.4. The van der Waals surface area contributed by atoms with E-state index in [4.69, 9.17) is 18.9 Å². The molecule has 2 unspecified atom stereocenters. The predicted octanol–water partition coefficient (Wildman–Crippen LogP) is 15.3. The molecule has 0 aromatic carbocycles. The van der Waals surface area contributed by atoms with E-state index in [1.165, 1.54) is 161 Å². The minimum absolute atomic E-state index is 0.00909. The number of hydrogen-bond acceptors (Lipinski definition) is 10. The highest BCUT2D eigenvalue weighted by Crippen LogP contribution is 2.48. The smallest absolute Gasteiger partial charge is 0.307 e. The highest BCUT2D eigenvalue weighted by molar-refractivity contribution is 5.71. The van der Waals surface area contributed by atoms with Crippen molar-refractivity contribution in [3.63, 3.8) is 0 Å². The number of nitrogens with zero attached hydrogens (tertiary/aromatic N) is 2. The number of carbonyl (C=O) groups excluding carboxylic acids is 4. The van der Waals surface area contributed by atoms with Gasteiger partial charge in [0.25, 0.3) is 0 Å². The zero-order valence-electron chi connectivity index (χ0n) is 46.6. The fourth-order valence-corrected chi connectivity index (χ4v) is 10.9. The molecule has 0 spiro atoms. The van der Waals surface area contributed by atoms with Crippen LogP contribution in [0.3, 0.4) is 0 Å². The van der Waals surface area contributed by atoms with Crippen molar-refractivity contribution in [2.75, 3.05) is 59.7 Å². The number of esters is 4. The standard InChI is InChI=1S/C59H112N2O8/c1-8-11-14-17-20-23-26-29-32-35-46-67-55(63)38-42-60(43-39-56(64)68-47-36-33-30-27-24-21-18-15-12-9-2)52-59(6)50-53(49-58(4,5)51-59)61(44-40-54(62)66-7)45-41-57(65)69-48-37-34-31-28-25-22-19-16-13-10-3/h53H,8-52H2,1-7H3. The first-order valence-corrected chi connectivity index (χ1v) is 29.4. The molecule has 0 amide bonds. The second-order valence-electron chi connectivity index (χ2n) is 22.3. The molecular formula is C59H112N2O8. The Kier molecular flexibility index (Phi) is 40.8. The minimum Gasteiger partial charge on any atom is -0.469 e. The third-order valence-electron chi connectivity index (χ3n) is 14.5. The molecule has 0 radical (unpaired) electrons. The Morgan fingerprint density at radius 3 is 1.06 bits per heavy atom. The first kappa shape index (κ1) is 64.8. The zero-order chi connectivity index (χ0) is 50.7. The van der Waals surface area contributed by atoms with Gasteiger partial charge in [0.05, 0.1) is 52.6 Å². The molecule has 0 aromatic rings. The van der Waals surface area contributed by atoms with Crippen molar-refractivity contribution in [3.8, 4) is 0 Å². The molecule has 1 aliphatic carbocycles. The molecule has 0 N–H and O–H groups in total. The van der Waals surface area contributed by atoms with E-state index in [-0.39, 0.29) is 66.4 Å². The summed E-state index contributed by atoms with van der Waals surface area (Å²) in [6.07, 6.45) is 40.9. The number of rotatable bonds is 48. The number of unbranched alkanes of at least 4 members (excludes halogenated alkanes) is 27. The lowest BCUT2D eigenvalue weighted by molar-refractivity contribution is -0.146. The number of hydrogen-bond donors (Lipinski definition) is 0. The van der Waals surface area contributed by atoms with Crippen LogP contribution >= 0.6 is 0 Å². The molecule has 1 aliphatic rings. The summed E-state index contributed by atoms with van der Waals surface area (Å²) < 4.78 is 22.2. The van der Waals surface area contributed by atoms with Gasteiger partial charge in [-0.15, -0.1) is 0 Å². The van der Waals surface area contributed by atoms with Gasteiger partial charge in [-0.05, 0) is 49.4 Å². The topological polar surface area (TPSA) is 112 Å². The maximum absolute atomic E-state index is 13.1. The van der Waals surface area contributed by atoms with Crippen LogP contribution in [-0.4, -0.2) is 99.4 Å². The van der Waals surface area contributed by atoms with Crippen molar-refractivity contribution in [3.05, 3.63) is 0 Å². The summed E-state index contributed by atoms with van der Waals surface area (Å²) in [5.74, 6) is -0.799. The van der Waals surface area contributed by atoms with Gasteiger partial charge in [-0.1, -0.05) is 215 Å². The van der Waals surface area contributed by atoms with Crippen molar-refractivity contribution in [2.45, 2.75) is 285 Å². The largest absolute Gasteiger partial charge is 0.469 e. The summed E-state index contributed by atoms with van der Waals surface area (Å²) in [7, 11) is 1.43. The Labute approximate surface area is 426 Å². The molecule has 69 heavy (non-hydrogen) atoms. The molecule has 406 valence electrons. The number of methoxy groups -OCH3 is 1. The average Bonchev–Trinajstić information content (AvgIpc) is 3.31. The molecule has 1 rings (SSSR count). The van der Waals surface area contributed by atoms with Gasteiger partial charge in [0.2, 0.25) is 0 Å². The van der Waals surface area contributed by atoms with Gasteiger partial charge in [-0.2, -0.15) is 0 Å². The molecule has 0 aliphatic heterocycles. The van der Waals surface area contributed by atoms with Crippen molar-refractivity contribution in [1.82, 2.24) is 9.80 Å². The van der Waals surface area contributed by atoms with E-state index in [1.807, 2.05) is 0 Å². The Morgan fingerprint density at radius 1 is 0.420 bits per heavy atom. The van der Waals surface area contributed by atoms with Crippen LogP contribution < -0.4 is 0 Å². The van der Waals surface area contributed by atoms with Crippen molar-refractivity contribution >= 4 is 23.9 Å². The van der Waals surface area contributed by atoms with Gasteiger partial charge < -0.3 is 23.8 Å². The van der Waals surface area contributed by atoms with Crippen LogP contribution in [0.4, 0.5) is 0 Å². The maximum atomic E-state index is 13.1. The first-order chi connectivity index (χ1) is 33.4. The van der Waals surface area contributed by atoms with Gasteiger partial charge in [0.15, 0.2) is 0 Å². The lowest BCUT2D eigenvalue weighted by atomic mass is 9.62. The van der Waals surface area contributed by atoms with Crippen molar-refractivity contribution in [1.29, 1.82) is 0 Å². The van der Waals surface area contributed by atoms with Crippen LogP contribution in [0.1, 0.15) is 279 Å². The summed E-state index contributed by atoms with van der Waals surface area (Å²) in [5, 5.41) is 0. The third-order valence-corrected chi connectivity index (χ3v) is 14.5. The second kappa shape index (κ2) is 43.4. The fourth-order valence-electron chi connectivity index (χ4n) is 10.9. The highest BCUT2D eigenvalue weighted by atomic mass is 16.5. The molecule has 1 saturated carbocycles. The lowest BCUT2D eigenvalue weighted by Gasteiger charge is -2.51. The van der Waals surface area contributed by atoms with Crippen molar-refractivity contribution in [2.24, 2.45) is 10.8 Å². The Balaban J connectivity index is 2.86. The van der Waals surface area contributed by atoms with E-state index in [0.717, 1.165) is 64.3 Å². The quantitative estimate of drug-likeness (QED) is 0.0332. The van der Waals surface area contributed by atoms with E-state index >= 15 is 0 Å². The molecule has 0 saturated heterocycles. The van der Waals surface area contributed by atoms with E-state index in [9.17, 15) is 19.2 Å². The van der Waals surface area contributed by atoms with Gasteiger partial charge in [0, 0.05) is 38.8 Å². The molecule has 0 bridgehead atoms. The molecule has 0 heterocycles.